The molecule has 16 heavy (non-hydrogen) atoms. The van der Waals surface area contributed by atoms with E-state index in [-0.39, 0.29) is 10.6 Å². The van der Waals surface area contributed by atoms with Gasteiger partial charge in [0.2, 0.25) is 0 Å². The molecule has 2 N–H and O–H groups in total. The van der Waals surface area contributed by atoms with Crippen LogP contribution in [-0.4, -0.2) is 20.3 Å². The van der Waals surface area contributed by atoms with Crippen molar-refractivity contribution in [2.45, 2.75) is 17.5 Å². The normalized spacial score (nSPS) is 12.7. The van der Waals surface area contributed by atoms with E-state index in [1.165, 1.54) is 18.2 Å². The second kappa shape index (κ2) is 4.32. The Morgan fingerprint density at radius 3 is 2.38 bits per heavy atom. The molecule has 0 bridgehead atoms. The van der Waals surface area contributed by atoms with Crippen LogP contribution in [0.4, 0.5) is 18.9 Å². The van der Waals surface area contributed by atoms with Gasteiger partial charge >= 0.3 is 6.18 Å². The second-order valence-corrected chi connectivity index (χ2v) is 5.37. The Bertz CT molecular complexity index is 468. The molecule has 0 unspecified atom stereocenters. The number of hydrogen-bond donors (Lipinski definition) is 1. The van der Waals surface area contributed by atoms with Gasteiger partial charge in [0.1, 0.15) is 0 Å². The summed E-state index contributed by atoms with van der Waals surface area (Å²) in [5, 5.41) is 0. The number of nitrogen functional groups attached to an aromatic ring is 1. The Kier molecular flexibility index (Phi) is 3.47. The number of alkyl halides is 3. The summed E-state index contributed by atoms with van der Waals surface area (Å²) in [7, 11) is -3.92. The predicted molar refractivity (Wildman–Crippen MR) is 53.6 cm³/mol. The van der Waals surface area contributed by atoms with E-state index in [2.05, 4.69) is 0 Å². The lowest BCUT2D eigenvalue weighted by Crippen LogP contribution is -2.16. The van der Waals surface area contributed by atoms with Crippen molar-refractivity contribution in [1.82, 2.24) is 0 Å². The lowest BCUT2D eigenvalue weighted by atomic mass is 10.3. The Hall–Kier alpha value is -1.24. The van der Waals surface area contributed by atoms with Gasteiger partial charge in [0, 0.05) is 5.69 Å². The first-order chi connectivity index (χ1) is 7.21. The van der Waals surface area contributed by atoms with E-state index < -0.39 is 28.2 Å². The molecule has 0 radical (unpaired) electrons. The molecule has 0 atom stereocenters. The third-order valence-corrected chi connectivity index (χ3v) is 3.59. The van der Waals surface area contributed by atoms with Crippen molar-refractivity contribution in [3.63, 3.8) is 0 Å². The fourth-order valence-corrected chi connectivity index (χ4v) is 2.41. The lowest BCUT2D eigenvalue weighted by molar-refractivity contribution is -0.129. The van der Waals surface area contributed by atoms with Crippen LogP contribution in [0.15, 0.2) is 29.2 Å². The summed E-state index contributed by atoms with van der Waals surface area (Å²) in [5.41, 5.74) is 5.55. The van der Waals surface area contributed by atoms with Crippen molar-refractivity contribution in [2.24, 2.45) is 0 Å². The van der Waals surface area contributed by atoms with Crippen molar-refractivity contribution >= 4 is 15.5 Å². The van der Waals surface area contributed by atoms with E-state index in [4.69, 9.17) is 5.73 Å². The van der Waals surface area contributed by atoms with Crippen LogP contribution in [0, 0.1) is 0 Å². The zero-order chi connectivity index (χ0) is 12.4. The molecule has 0 saturated heterocycles. The van der Waals surface area contributed by atoms with Gasteiger partial charge in [-0.2, -0.15) is 13.2 Å². The van der Waals surface area contributed by atoms with Gasteiger partial charge in [0.25, 0.3) is 0 Å². The minimum Gasteiger partial charge on any atom is -0.399 e. The average Bonchev–Trinajstić information content (AvgIpc) is 2.14. The SMILES string of the molecule is Nc1cccc(S(=O)(=O)CCC(F)(F)F)c1. The van der Waals surface area contributed by atoms with Gasteiger partial charge in [-0.15, -0.1) is 0 Å². The molecule has 90 valence electrons. The maximum Gasteiger partial charge on any atom is 0.390 e. The lowest BCUT2D eigenvalue weighted by Gasteiger charge is -2.07. The van der Waals surface area contributed by atoms with Crippen LogP contribution in [0.3, 0.4) is 0 Å². The van der Waals surface area contributed by atoms with E-state index in [0.29, 0.717) is 0 Å². The summed E-state index contributed by atoms with van der Waals surface area (Å²) in [4.78, 5) is -0.184. The van der Waals surface area contributed by atoms with Crippen molar-refractivity contribution < 1.29 is 21.6 Å². The molecule has 0 aromatic heterocycles. The molecule has 3 nitrogen and oxygen atoms in total. The number of nitrogens with two attached hydrogens (primary N) is 1. The maximum absolute atomic E-state index is 11.9. The fraction of sp³-hybridized carbons (Fsp3) is 0.333. The molecule has 0 fully saturated rings. The third kappa shape index (κ3) is 3.73. The molecule has 0 spiro atoms. The molecule has 0 aliphatic carbocycles. The van der Waals surface area contributed by atoms with E-state index in [0.717, 1.165) is 6.07 Å². The highest BCUT2D eigenvalue weighted by Gasteiger charge is 2.30. The van der Waals surface area contributed by atoms with Crippen molar-refractivity contribution in [3.8, 4) is 0 Å². The van der Waals surface area contributed by atoms with Crippen LogP contribution in [0.2, 0.25) is 0 Å². The molecule has 0 aliphatic rings. The highest BCUT2D eigenvalue weighted by molar-refractivity contribution is 7.91. The summed E-state index contributed by atoms with van der Waals surface area (Å²) in [5.74, 6) is -0.958. The second-order valence-electron chi connectivity index (χ2n) is 3.26. The van der Waals surface area contributed by atoms with Crippen molar-refractivity contribution in [1.29, 1.82) is 0 Å². The minimum absolute atomic E-state index is 0.184. The zero-order valence-corrected chi connectivity index (χ0v) is 8.98. The van der Waals surface area contributed by atoms with Crippen molar-refractivity contribution in [2.75, 3.05) is 11.5 Å². The van der Waals surface area contributed by atoms with Gasteiger partial charge in [-0.1, -0.05) is 6.07 Å². The summed E-state index contributed by atoms with van der Waals surface area (Å²) in [6.07, 6.45) is -5.84. The van der Waals surface area contributed by atoms with Gasteiger partial charge in [-0.3, -0.25) is 0 Å². The molecule has 0 heterocycles. The Morgan fingerprint density at radius 1 is 1.25 bits per heavy atom. The molecule has 1 aromatic carbocycles. The number of halogens is 3. The molecule has 0 amide bonds. The first-order valence-corrected chi connectivity index (χ1v) is 6.01. The number of sulfone groups is 1. The fourth-order valence-electron chi connectivity index (χ4n) is 1.08. The average molecular weight is 253 g/mol. The van der Waals surface area contributed by atoms with E-state index in [9.17, 15) is 21.6 Å². The van der Waals surface area contributed by atoms with Crippen LogP contribution in [0.25, 0.3) is 0 Å². The van der Waals surface area contributed by atoms with Gasteiger partial charge in [-0.05, 0) is 18.2 Å². The van der Waals surface area contributed by atoms with Crippen molar-refractivity contribution in [3.05, 3.63) is 24.3 Å². The van der Waals surface area contributed by atoms with E-state index in [1.807, 2.05) is 0 Å². The highest BCUT2D eigenvalue weighted by Crippen LogP contribution is 2.23. The van der Waals surface area contributed by atoms with Gasteiger partial charge < -0.3 is 5.73 Å². The maximum atomic E-state index is 11.9. The van der Waals surface area contributed by atoms with Gasteiger partial charge in [0.15, 0.2) is 9.84 Å². The van der Waals surface area contributed by atoms with E-state index in [1.54, 1.807) is 0 Å². The largest absolute Gasteiger partial charge is 0.399 e. The number of anilines is 1. The standard InChI is InChI=1S/C9H10F3NO2S/c10-9(11,12)4-5-16(14,15)8-3-1-2-7(13)6-8/h1-3,6H,4-5,13H2. The first kappa shape index (κ1) is 12.8. The topological polar surface area (TPSA) is 60.2 Å². The van der Waals surface area contributed by atoms with Gasteiger partial charge in [-0.25, -0.2) is 8.42 Å². The smallest absolute Gasteiger partial charge is 0.390 e. The quantitative estimate of drug-likeness (QED) is 0.838. The minimum atomic E-state index is -4.48. The van der Waals surface area contributed by atoms with Crippen LogP contribution in [0.5, 0.6) is 0 Å². The molecular weight excluding hydrogens is 243 g/mol. The molecule has 1 aromatic rings. The third-order valence-electron chi connectivity index (χ3n) is 1.87. The molecule has 1 rings (SSSR count). The Balaban J connectivity index is 2.87. The van der Waals surface area contributed by atoms with Crippen LogP contribution >= 0.6 is 0 Å². The monoisotopic (exact) mass is 253 g/mol. The number of benzene rings is 1. The number of hydrogen-bond acceptors (Lipinski definition) is 3. The molecule has 0 aliphatic heterocycles. The van der Waals surface area contributed by atoms with E-state index >= 15 is 0 Å². The van der Waals surface area contributed by atoms with Crippen LogP contribution < -0.4 is 5.73 Å². The van der Waals surface area contributed by atoms with Crippen LogP contribution in [0.1, 0.15) is 6.42 Å². The Morgan fingerprint density at radius 2 is 1.88 bits per heavy atom. The molecule has 0 saturated carbocycles. The highest BCUT2D eigenvalue weighted by atomic mass is 32.2. The molecular formula is C9H10F3NO2S. The summed E-state index contributed by atoms with van der Waals surface area (Å²) < 4.78 is 58.6. The summed E-state index contributed by atoms with van der Waals surface area (Å²) >= 11 is 0. The summed E-state index contributed by atoms with van der Waals surface area (Å²) in [6.45, 7) is 0. The zero-order valence-electron chi connectivity index (χ0n) is 8.16. The summed E-state index contributed by atoms with van der Waals surface area (Å²) in [6, 6.07) is 5.21. The van der Waals surface area contributed by atoms with Crippen LogP contribution in [-0.2, 0) is 9.84 Å². The first-order valence-electron chi connectivity index (χ1n) is 4.36. The predicted octanol–water partition coefficient (Wildman–Crippen LogP) is 1.99. The number of rotatable bonds is 3. The Labute approximate surface area is 91.0 Å². The van der Waals surface area contributed by atoms with Gasteiger partial charge in [0.05, 0.1) is 17.1 Å². The molecule has 7 heteroatoms.